The van der Waals surface area contributed by atoms with Crippen LogP contribution in [0.1, 0.15) is 29.0 Å². The number of nitrogen functional groups attached to an aromatic ring is 1. The summed E-state index contributed by atoms with van der Waals surface area (Å²) in [7, 11) is 1.65. The maximum Gasteiger partial charge on any atom is 0.255 e. The molecule has 3 aromatic heterocycles. The highest BCUT2D eigenvalue weighted by atomic mass is 16.5. The molecule has 1 aliphatic rings. The molecule has 4 rings (SSSR count). The van der Waals surface area contributed by atoms with Gasteiger partial charge in [0.1, 0.15) is 5.76 Å². The minimum atomic E-state index is -0.0657. The number of nitrogens with two attached hydrogens (primary N) is 1. The molecule has 1 aliphatic heterocycles. The zero-order valence-corrected chi connectivity index (χ0v) is 14.8. The van der Waals surface area contributed by atoms with E-state index in [2.05, 4.69) is 10.1 Å². The first-order chi connectivity index (χ1) is 12.6. The van der Waals surface area contributed by atoms with E-state index < -0.39 is 0 Å². The summed E-state index contributed by atoms with van der Waals surface area (Å²) >= 11 is 0. The molecule has 1 atom stereocenters. The molecule has 4 heterocycles. The number of nitrogens with zero attached hydrogens (tertiary/aromatic N) is 4. The summed E-state index contributed by atoms with van der Waals surface area (Å²) in [5.41, 5.74) is 7.53. The maximum atomic E-state index is 12.9. The van der Waals surface area contributed by atoms with Gasteiger partial charge in [0, 0.05) is 19.9 Å². The van der Waals surface area contributed by atoms with Crippen LogP contribution in [0.4, 0.5) is 5.69 Å². The van der Waals surface area contributed by atoms with E-state index in [1.165, 1.54) is 4.52 Å². The Bertz CT molecular complexity index is 961. The van der Waals surface area contributed by atoms with Crippen LogP contribution in [0.3, 0.4) is 0 Å². The Morgan fingerprint density at radius 3 is 3.04 bits per heavy atom. The zero-order chi connectivity index (χ0) is 18.3. The third kappa shape index (κ3) is 2.82. The first kappa shape index (κ1) is 16.6. The van der Waals surface area contributed by atoms with Crippen LogP contribution in [0.25, 0.3) is 17.2 Å². The average Bonchev–Trinajstić information content (AvgIpc) is 3.33. The van der Waals surface area contributed by atoms with Crippen LogP contribution in [0.2, 0.25) is 0 Å². The Morgan fingerprint density at radius 1 is 1.46 bits per heavy atom. The quantitative estimate of drug-likeness (QED) is 0.770. The van der Waals surface area contributed by atoms with Gasteiger partial charge in [-0.05, 0) is 38.0 Å². The first-order valence-corrected chi connectivity index (χ1v) is 8.59. The predicted octanol–water partition coefficient (Wildman–Crippen LogP) is 2.13. The molecule has 1 saturated heterocycles. The Morgan fingerprint density at radius 2 is 2.31 bits per heavy atom. The molecule has 0 radical (unpaired) electrons. The molecule has 0 aliphatic carbocycles. The van der Waals surface area contributed by atoms with Crippen LogP contribution in [0.5, 0.6) is 0 Å². The summed E-state index contributed by atoms with van der Waals surface area (Å²) in [4.78, 5) is 19.2. The van der Waals surface area contributed by atoms with Crippen molar-refractivity contribution in [3.05, 3.63) is 35.7 Å². The number of hydrogen-bond donors (Lipinski definition) is 1. The summed E-state index contributed by atoms with van der Waals surface area (Å²) in [5, 5.41) is 4.42. The molecule has 8 heteroatoms. The molecule has 0 spiro atoms. The van der Waals surface area contributed by atoms with E-state index in [0.29, 0.717) is 35.1 Å². The molecule has 1 amide bonds. The summed E-state index contributed by atoms with van der Waals surface area (Å²) < 4.78 is 12.3. The zero-order valence-electron chi connectivity index (χ0n) is 14.8. The number of fused-ring (bicyclic) bond motifs is 1. The highest BCUT2D eigenvalue weighted by molar-refractivity contribution is 5.96. The standard InChI is InChI=1S/C18H21N5O3/c1-11-5-6-15(26-11)16-20-17-14(19)8-12(9-23(17)21-16)18(24)22-7-3-4-13(22)10-25-2/h5-6,8-9,13H,3-4,7,10,19H2,1-2H3/t13-/m0/s1. The van der Waals surface area contributed by atoms with Crippen molar-refractivity contribution in [2.45, 2.75) is 25.8 Å². The number of rotatable bonds is 4. The Hall–Kier alpha value is -2.87. The van der Waals surface area contributed by atoms with Crippen molar-refractivity contribution >= 4 is 17.2 Å². The Kier molecular flexibility index (Phi) is 4.12. The molecule has 2 N–H and O–H groups in total. The molecule has 3 aromatic rings. The third-order valence-corrected chi connectivity index (χ3v) is 4.67. The topological polar surface area (TPSA) is 98.9 Å². The number of carbonyl (C=O) groups excluding carboxylic acids is 1. The lowest BCUT2D eigenvalue weighted by Crippen LogP contribution is -2.38. The summed E-state index contributed by atoms with van der Waals surface area (Å²) in [6.07, 6.45) is 3.59. The number of carbonyl (C=O) groups is 1. The van der Waals surface area contributed by atoms with E-state index in [9.17, 15) is 4.79 Å². The van der Waals surface area contributed by atoms with Gasteiger partial charge in [-0.3, -0.25) is 4.79 Å². The minimum Gasteiger partial charge on any atom is -0.458 e. The van der Waals surface area contributed by atoms with Crippen molar-refractivity contribution in [2.75, 3.05) is 26.0 Å². The van der Waals surface area contributed by atoms with Gasteiger partial charge in [0.2, 0.25) is 5.82 Å². The maximum absolute atomic E-state index is 12.9. The van der Waals surface area contributed by atoms with Crippen molar-refractivity contribution in [3.8, 4) is 11.6 Å². The van der Waals surface area contributed by atoms with Gasteiger partial charge in [-0.15, -0.1) is 5.10 Å². The van der Waals surface area contributed by atoms with E-state index in [-0.39, 0.29) is 11.9 Å². The molecule has 1 fully saturated rings. The number of pyridine rings is 1. The lowest BCUT2D eigenvalue weighted by atomic mass is 10.2. The number of anilines is 1. The van der Waals surface area contributed by atoms with E-state index in [1.54, 1.807) is 19.4 Å². The molecule has 26 heavy (non-hydrogen) atoms. The van der Waals surface area contributed by atoms with Crippen LogP contribution in [0.15, 0.2) is 28.8 Å². The molecule has 0 unspecified atom stereocenters. The largest absolute Gasteiger partial charge is 0.458 e. The smallest absolute Gasteiger partial charge is 0.255 e. The molecule has 8 nitrogen and oxygen atoms in total. The number of amides is 1. The highest BCUT2D eigenvalue weighted by Crippen LogP contribution is 2.24. The lowest BCUT2D eigenvalue weighted by molar-refractivity contribution is 0.0630. The highest BCUT2D eigenvalue weighted by Gasteiger charge is 2.30. The Balaban J connectivity index is 1.69. The van der Waals surface area contributed by atoms with E-state index >= 15 is 0 Å². The first-order valence-electron chi connectivity index (χ1n) is 8.59. The predicted molar refractivity (Wildman–Crippen MR) is 95.8 cm³/mol. The van der Waals surface area contributed by atoms with Gasteiger partial charge in [0.25, 0.3) is 5.91 Å². The van der Waals surface area contributed by atoms with Gasteiger partial charge in [0.15, 0.2) is 11.4 Å². The van der Waals surface area contributed by atoms with E-state index in [4.69, 9.17) is 14.9 Å². The van der Waals surface area contributed by atoms with Crippen molar-refractivity contribution in [2.24, 2.45) is 0 Å². The second kappa shape index (κ2) is 6.45. The lowest BCUT2D eigenvalue weighted by Gasteiger charge is -2.24. The van der Waals surface area contributed by atoms with E-state index in [0.717, 1.165) is 25.1 Å². The number of ether oxygens (including phenoxy) is 1. The molecule has 0 saturated carbocycles. The molecule has 0 bridgehead atoms. The van der Waals surface area contributed by atoms with Gasteiger partial charge in [0.05, 0.1) is 23.9 Å². The molecular formula is C18H21N5O3. The van der Waals surface area contributed by atoms with Crippen molar-refractivity contribution < 1.29 is 13.9 Å². The van der Waals surface area contributed by atoms with Gasteiger partial charge >= 0.3 is 0 Å². The number of aryl methyl sites for hydroxylation is 1. The fraction of sp³-hybridized carbons (Fsp3) is 0.389. The van der Waals surface area contributed by atoms with Crippen LogP contribution >= 0.6 is 0 Å². The number of hydrogen-bond acceptors (Lipinski definition) is 6. The van der Waals surface area contributed by atoms with Crippen molar-refractivity contribution in [3.63, 3.8) is 0 Å². The number of methoxy groups -OCH3 is 1. The molecule has 0 aromatic carbocycles. The normalized spacial score (nSPS) is 17.3. The third-order valence-electron chi connectivity index (χ3n) is 4.67. The monoisotopic (exact) mass is 355 g/mol. The van der Waals surface area contributed by atoms with Crippen LogP contribution in [0, 0.1) is 6.92 Å². The fourth-order valence-electron chi connectivity index (χ4n) is 3.42. The summed E-state index contributed by atoms with van der Waals surface area (Å²) in [6.45, 7) is 3.12. The molecule has 136 valence electrons. The SMILES string of the molecule is COC[C@@H]1CCCN1C(=O)c1cc(N)c2nc(-c3ccc(C)o3)nn2c1. The Labute approximate surface area is 150 Å². The van der Waals surface area contributed by atoms with E-state index in [1.807, 2.05) is 24.0 Å². The van der Waals surface area contributed by atoms with Crippen LogP contribution in [-0.4, -0.2) is 51.7 Å². The van der Waals surface area contributed by atoms with Crippen molar-refractivity contribution in [1.29, 1.82) is 0 Å². The second-order valence-electron chi connectivity index (χ2n) is 6.55. The second-order valence-corrected chi connectivity index (χ2v) is 6.55. The van der Waals surface area contributed by atoms with Crippen LogP contribution < -0.4 is 5.73 Å². The number of furan rings is 1. The van der Waals surface area contributed by atoms with Gasteiger partial charge in [-0.25, -0.2) is 9.50 Å². The van der Waals surface area contributed by atoms with Gasteiger partial charge in [-0.1, -0.05) is 0 Å². The van der Waals surface area contributed by atoms with Crippen molar-refractivity contribution in [1.82, 2.24) is 19.5 Å². The number of aromatic nitrogens is 3. The average molecular weight is 355 g/mol. The van der Waals surface area contributed by atoms with Gasteiger partial charge < -0.3 is 19.8 Å². The fourth-order valence-corrected chi connectivity index (χ4v) is 3.42. The number of likely N-dealkylation sites (tertiary alicyclic amines) is 1. The minimum absolute atomic E-state index is 0.0657. The summed E-state index contributed by atoms with van der Waals surface area (Å²) in [6, 6.07) is 5.42. The molecular weight excluding hydrogens is 334 g/mol. The van der Waals surface area contributed by atoms with Gasteiger partial charge in [-0.2, -0.15) is 0 Å². The summed E-state index contributed by atoms with van der Waals surface area (Å²) in [5.74, 6) is 1.72. The van der Waals surface area contributed by atoms with Crippen LogP contribution in [-0.2, 0) is 4.74 Å².